The average Bonchev–Trinajstić information content (AvgIpc) is 3.53. The number of carbonyl (C=O) groups is 3. The van der Waals surface area contributed by atoms with Gasteiger partial charge in [-0.2, -0.15) is 0 Å². The van der Waals surface area contributed by atoms with E-state index in [1.54, 1.807) is 60.7 Å². The van der Waals surface area contributed by atoms with Crippen molar-refractivity contribution >= 4 is 74.5 Å². The van der Waals surface area contributed by atoms with Crippen molar-refractivity contribution in [2.45, 2.75) is 24.0 Å². The van der Waals surface area contributed by atoms with Gasteiger partial charge in [0, 0.05) is 43.0 Å². The van der Waals surface area contributed by atoms with E-state index in [2.05, 4.69) is 31.9 Å². The molecule has 3 N–H and O–H groups in total. The molecule has 1 aromatic heterocycles. The third-order valence-corrected chi connectivity index (χ3v) is 8.94. The second kappa shape index (κ2) is 15.1. The summed E-state index contributed by atoms with van der Waals surface area (Å²) < 4.78 is 6.93. The summed E-state index contributed by atoms with van der Waals surface area (Å²) in [4.78, 5) is 40.1. The number of anilines is 2. The van der Waals surface area contributed by atoms with Gasteiger partial charge in [0.1, 0.15) is 17.2 Å². The maximum Gasteiger partial charge on any atom is 0.272 e. The Bertz CT molecular complexity index is 1890. The van der Waals surface area contributed by atoms with Gasteiger partial charge in [0.25, 0.3) is 11.8 Å². The highest BCUT2D eigenvalue weighted by atomic mass is 79.9. The van der Waals surface area contributed by atoms with E-state index in [1.165, 1.54) is 17.8 Å². The third kappa shape index (κ3) is 8.57. The summed E-state index contributed by atoms with van der Waals surface area (Å²) in [5.74, 6) is -0.113. The molecule has 0 aliphatic heterocycles. The summed E-state index contributed by atoms with van der Waals surface area (Å²) in [7, 11) is 0. The lowest BCUT2D eigenvalue weighted by molar-refractivity contribution is -0.115. The van der Waals surface area contributed by atoms with Crippen LogP contribution in [0.1, 0.15) is 28.6 Å². The minimum absolute atomic E-state index is 0.00520. The van der Waals surface area contributed by atoms with Gasteiger partial charge in [-0.15, -0.1) is 11.8 Å². The fourth-order valence-corrected chi connectivity index (χ4v) is 5.64. The first-order valence-electron chi connectivity index (χ1n) is 14.2. The van der Waals surface area contributed by atoms with Crippen LogP contribution in [0.4, 0.5) is 11.4 Å². The molecule has 0 radical (unpaired) electrons. The predicted octanol–water partition coefficient (Wildman–Crippen LogP) is 9.20. The van der Waals surface area contributed by atoms with Crippen molar-refractivity contribution in [1.29, 1.82) is 0 Å². The van der Waals surface area contributed by atoms with Crippen molar-refractivity contribution in [2.75, 3.05) is 10.6 Å². The smallest absolute Gasteiger partial charge is 0.272 e. The summed E-state index contributed by atoms with van der Waals surface area (Å²) in [5, 5.41) is 8.69. The van der Waals surface area contributed by atoms with Gasteiger partial charge in [0.2, 0.25) is 5.91 Å². The van der Waals surface area contributed by atoms with Crippen LogP contribution in [-0.2, 0) is 9.59 Å². The molecule has 0 spiro atoms. The summed E-state index contributed by atoms with van der Waals surface area (Å²) in [6, 6.07) is 32.3. The normalized spacial score (nSPS) is 11.9. The van der Waals surface area contributed by atoms with Crippen molar-refractivity contribution in [3.63, 3.8) is 0 Å². The molecule has 10 heteroatoms. The number of nitrogens with one attached hydrogen (secondary N) is 3. The Morgan fingerprint density at radius 3 is 2.28 bits per heavy atom. The molecule has 4 aromatic carbocycles. The Kier molecular flexibility index (Phi) is 10.8. The number of benzene rings is 4. The molecule has 1 atom stereocenters. The molecule has 5 aromatic rings. The minimum Gasteiger partial charge on any atom is -0.457 e. The Hall–Kier alpha value is -4.57. The molecule has 1 heterocycles. The molecule has 0 aliphatic carbocycles. The number of thioether (sulfide) groups is 1. The van der Waals surface area contributed by atoms with Crippen molar-refractivity contribution in [3.05, 3.63) is 141 Å². The molecule has 5 rings (SSSR count). The number of carbonyl (C=O) groups excluding carboxylic acids is 3. The highest BCUT2D eigenvalue weighted by Gasteiger charge is 2.18. The van der Waals surface area contributed by atoms with Gasteiger partial charge in [-0.25, -0.2) is 0 Å². The molecule has 0 fully saturated rings. The zero-order chi connectivity index (χ0) is 32.6. The molecular formula is C36H29BrClN3O4S. The maximum absolute atomic E-state index is 13.5. The number of hydrogen-bond acceptors (Lipinski definition) is 5. The van der Waals surface area contributed by atoms with E-state index >= 15 is 0 Å². The molecule has 0 aliphatic rings. The average molecular weight is 715 g/mol. The molecule has 232 valence electrons. The number of halogens is 2. The van der Waals surface area contributed by atoms with Gasteiger partial charge in [0.15, 0.2) is 0 Å². The zero-order valence-corrected chi connectivity index (χ0v) is 28.0. The van der Waals surface area contributed by atoms with E-state index in [-0.39, 0.29) is 11.6 Å². The van der Waals surface area contributed by atoms with Crippen LogP contribution in [0.15, 0.2) is 129 Å². The van der Waals surface area contributed by atoms with Crippen LogP contribution in [-0.4, -0.2) is 23.0 Å². The predicted molar refractivity (Wildman–Crippen MR) is 189 cm³/mol. The van der Waals surface area contributed by atoms with Gasteiger partial charge in [0.05, 0.1) is 5.25 Å². The van der Waals surface area contributed by atoms with E-state index in [4.69, 9.17) is 16.0 Å². The fraction of sp³-hybridized carbons (Fsp3) is 0.0833. The third-order valence-electron chi connectivity index (χ3n) is 6.89. The van der Waals surface area contributed by atoms with Crippen molar-refractivity contribution in [2.24, 2.45) is 0 Å². The SMILES string of the molecule is Cc1c(Cl)cccc1NC(=O)[C@H](C)Sc1ccc(NC(=O)/C(=C/c2ccc(-c3ccc(Br)cc3)o2)NC(=O)c2ccccc2)cc1. The molecule has 7 nitrogen and oxygen atoms in total. The molecular weight excluding hydrogens is 686 g/mol. The Labute approximate surface area is 284 Å². The van der Waals surface area contributed by atoms with Gasteiger partial charge in [-0.1, -0.05) is 63.9 Å². The van der Waals surface area contributed by atoms with Crippen molar-refractivity contribution < 1.29 is 18.8 Å². The Morgan fingerprint density at radius 1 is 0.848 bits per heavy atom. The largest absolute Gasteiger partial charge is 0.457 e. The zero-order valence-electron chi connectivity index (χ0n) is 24.8. The Morgan fingerprint density at radius 2 is 1.57 bits per heavy atom. The first-order valence-corrected chi connectivity index (χ1v) is 16.3. The highest BCUT2D eigenvalue weighted by Crippen LogP contribution is 2.28. The van der Waals surface area contributed by atoms with Crippen LogP contribution in [0.3, 0.4) is 0 Å². The number of rotatable bonds is 10. The highest BCUT2D eigenvalue weighted by molar-refractivity contribution is 9.10. The topological polar surface area (TPSA) is 100 Å². The van der Waals surface area contributed by atoms with Gasteiger partial charge < -0.3 is 20.4 Å². The molecule has 0 saturated carbocycles. The van der Waals surface area contributed by atoms with Gasteiger partial charge >= 0.3 is 0 Å². The fourth-order valence-electron chi connectivity index (χ4n) is 4.33. The summed E-state index contributed by atoms with van der Waals surface area (Å²) in [6.45, 7) is 3.67. The Balaban J connectivity index is 1.28. The second-order valence-electron chi connectivity index (χ2n) is 10.2. The molecule has 0 bridgehead atoms. The van der Waals surface area contributed by atoms with E-state index in [9.17, 15) is 14.4 Å². The summed E-state index contributed by atoms with van der Waals surface area (Å²) >= 11 is 11.0. The first kappa shape index (κ1) is 32.8. The van der Waals surface area contributed by atoms with Crippen LogP contribution < -0.4 is 16.0 Å². The monoisotopic (exact) mass is 713 g/mol. The minimum atomic E-state index is -0.532. The van der Waals surface area contributed by atoms with Gasteiger partial charge in [-0.3, -0.25) is 14.4 Å². The van der Waals surface area contributed by atoms with Gasteiger partial charge in [-0.05, 0) is 92.2 Å². The van der Waals surface area contributed by atoms with E-state index < -0.39 is 17.1 Å². The number of hydrogen-bond donors (Lipinski definition) is 3. The molecule has 3 amide bonds. The standard InChI is InChI=1S/C36H29BrClN3O4S/c1-22-30(38)9-6-10-31(22)40-34(42)23(2)46-29-18-15-27(16-19-29)39-36(44)32(41-35(43)25-7-4-3-5-8-25)21-28-17-20-33(45-28)24-11-13-26(37)14-12-24/h3-21,23H,1-2H3,(H,39,44)(H,40,42)(H,41,43)/b32-21-/t23-/m0/s1. The van der Waals surface area contributed by atoms with E-state index in [0.29, 0.717) is 33.5 Å². The number of furan rings is 1. The molecule has 0 saturated heterocycles. The summed E-state index contributed by atoms with van der Waals surface area (Å²) in [5.41, 5.74) is 3.26. The van der Waals surface area contributed by atoms with Crippen LogP contribution in [0.5, 0.6) is 0 Å². The second-order valence-corrected chi connectivity index (χ2v) is 13.0. The van der Waals surface area contributed by atoms with Crippen LogP contribution in [0.2, 0.25) is 5.02 Å². The van der Waals surface area contributed by atoms with E-state index in [0.717, 1.165) is 20.5 Å². The lowest BCUT2D eigenvalue weighted by Gasteiger charge is -2.15. The number of amides is 3. The lowest BCUT2D eigenvalue weighted by atomic mass is 10.2. The van der Waals surface area contributed by atoms with Crippen LogP contribution in [0, 0.1) is 6.92 Å². The maximum atomic E-state index is 13.5. The molecule has 0 unspecified atom stereocenters. The quantitative estimate of drug-likeness (QED) is 0.0990. The summed E-state index contributed by atoms with van der Waals surface area (Å²) in [6.07, 6.45) is 1.49. The lowest BCUT2D eigenvalue weighted by Crippen LogP contribution is -2.30. The van der Waals surface area contributed by atoms with E-state index in [1.807, 2.05) is 62.4 Å². The van der Waals surface area contributed by atoms with Crippen molar-refractivity contribution in [1.82, 2.24) is 5.32 Å². The molecule has 46 heavy (non-hydrogen) atoms. The van der Waals surface area contributed by atoms with Crippen LogP contribution >= 0.6 is 39.3 Å². The van der Waals surface area contributed by atoms with Crippen molar-refractivity contribution in [3.8, 4) is 11.3 Å². The first-order chi connectivity index (χ1) is 22.2. The van der Waals surface area contributed by atoms with Crippen LogP contribution in [0.25, 0.3) is 17.4 Å².